The second-order valence-corrected chi connectivity index (χ2v) is 53.2. The van der Waals surface area contributed by atoms with Gasteiger partial charge in [-0.1, -0.05) is 106 Å². The smallest absolute Gasteiger partial charge is 0.410 e. The molecule has 136 heavy (non-hydrogen) atoms. The maximum Gasteiger partial charge on any atom is 0.475 e. The largest absolute Gasteiger partial charge is 0.475 e. The molecule has 6 fully saturated rings. The summed E-state index contributed by atoms with van der Waals surface area (Å²) in [6.45, 7) is 21.4. The molecule has 4 bridgehead atoms. The Morgan fingerprint density at radius 3 is 1.29 bits per heavy atom. The van der Waals surface area contributed by atoms with E-state index in [-0.39, 0.29) is 94.2 Å². The molecule has 2 aromatic carbocycles. The van der Waals surface area contributed by atoms with Gasteiger partial charge in [0.2, 0.25) is 23.7 Å². The summed E-state index contributed by atoms with van der Waals surface area (Å²) in [4.78, 5) is 133. The number of anilines is 4. The van der Waals surface area contributed by atoms with Crippen LogP contribution in [0.25, 0.3) is 44.7 Å². The van der Waals surface area contributed by atoms with Gasteiger partial charge in [-0.05, 0) is 60.5 Å². The van der Waals surface area contributed by atoms with Crippen molar-refractivity contribution >= 4 is 156 Å². The van der Waals surface area contributed by atoms with Crippen LogP contribution in [0.3, 0.4) is 0 Å². The van der Waals surface area contributed by atoms with Crippen LogP contribution >= 0.6 is 47.4 Å². The van der Waals surface area contributed by atoms with Gasteiger partial charge in [-0.2, -0.15) is 20.5 Å². The van der Waals surface area contributed by atoms with Crippen molar-refractivity contribution in [2.75, 3.05) is 74.1 Å². The highest BCUT2D eigenvalue weighted by Crippen LogP contribution is 2.63. The fourth-order valence-corrected chi connectivity index (χ4v) is 25.8. The second-order valence-electron chi connectivity index (χ2n) is 36.8. The van der Waals surface area contributed by atoms with Gasteiger partial charge in [0, 0.05) is 23.0 Å². The number of amides is 4. The Labute approximate surface area is 787 Å². The Balaban J connectivity index is 0.760. The van der Waals surface area contributed by atoms with Crippen molar-refractivity contribution in [2.24, 2.45) is 11.8 Å². The molecule has 16 rings (SSSR count). The first-order valence-electron chi connectivity index (χ1n) is 43.5. The lowest BCUT2D eigenvalue weighted by atomic mass is 10.0. The molecule has 0 saturated carbocycles. The molecule has 47 nitrogen and oxygen atoms in total. The molecule has 14 heterocycles. The van der Waals surface area contributed by atoms with Crippen LogP contribution in [0.1, 0.15) is 126 Å². The van der Waals surface area contributed by atoms with Crippen LogP contribution in [0.2, 0.25) is 36.3 Å². The number of benzene rings is 2. The lowest BCUT2D eigenvalue weighted by Gasteiger charge is -2.41. The molecule has 18 atom stereocenters. The van der Waals surface area contributed by atoms with Crippen molar-refractivity contribution < 1.29 is 107 Å². The summed E-state index contributed by atoms with van der Waals surface area (Å²) in [5.41, 5.74) is -4.64. The molecule has 2 unspecified atom stereocenters. The van der Waals surface area contributed by atoms with Gasteiger partial charge >= 0.3 is 23.9 Å². The highest BCUT2D eigenvalue weighted by atomic mass is 32.2. The number of imidazole rings is 4. The van der Waals surface area contributed by atoms with Gasteiger partial charge in [0.25, 0.3) is 22.9 Å². The van der Waals surface area contributed by atoms with Gasteiger partial charge in [-0.15, -0.1) is 23.5 Å². The molecule has 8 aromatic heterocycles. The van der Waals surface area contributed by atoms with Gasteiger partial charge in [0.15, 0.2) is 85.4 Å². The fourth-order valence-electron chi connectivity index (χ4n) is 15.6. The number of phosphoric acid groups is 2. The summed E-state index contributed by atoms with van der Waals surface area (Å²) in [7, 11) is -21.0. The van der Waals surface area contributed by atoms with Gasteiger partial charge in [0.05, 0.1) is 126 Å². The van der Waals surface area contributed by atoms with Gasteiger partial charge in [0.1, 0.15) is 71.2 Å². The van der Waals surface area contributed by atoms with Gasteiger partial charge in [-0.25, -0.2) is 49.0 Å². The van der Waals surface area contributed by atoms with Crippen LogP contribution in [0.4, 0.5) is 23.5 Å². The van der Waals surface area contributed by atoms with E-state index < -0.39 is 231 Å². The van der Waals surface area contributed by atoms with Crippen molar-refractivity contribution in [3.05, 3.63) is 130 Å². The first-order valence-corrected chi connectivity index (χ1v) is 55.3. The fraction of sp³-hybridized carbons (Fsp3) is 0.537. The monoisotopic (exact) mass is 2010 g/mol. The Hall–Kier alpha value is -9.72. The molecule has 54 heteroatoms. The predicted molar refractivity (Wildman–Crippen MR) is 495 cm³/mol. The molecule has 726 valence electrons. The average molecular weight is 2010 g/mol. The van der Waals surface area contributed by atoms with Crippen LogP contribution in [-0.2, 0) is 87.3 Å². The number of carbonyl (C=O) groups is 4. The van der Waals surface area contributed by atoms with E-state index in [0.717, 1.165) is 23.5 Å². The summed E-state index contributed by atoms with van der Waals surface area (Å²) in [5, 5.41) is 47.4. The second kappa shape index (κ2) is 39.5. The number of nitrogens with zero attached hydrogens (tertiary/aromatic N) is 16. The normalized spacial score (nSPS) is 26.2. The van der Waals surface area contributed by atoms with Gasteiger partial charge < -0.3 is 57.7 Å². The third-order valence-corrected chi connectivity index (χ3v) is 40.8. The van der Waals surface area contributed by atoms with Crippen LogP contribution in [0, 0.1) is 34.5 Å². The molecular weight excluding hydrogens is 1910 g/mol. The Bertz CT molecular complexity index is 6130. The molecule has 6 saturated heterocycles. The quantitative estimate of drug-likeness (QED) is 0.0101. The van der Waals surface area contributed by atoms with E-state index in [9.17, 15) is 49.5 Å². The van der Waals surface area contributed by atoms with Crippen LogP contribution in [-0.4, -0.2) is 252 Å². The van der Waals surface area contributed by atoms with Gasteiger partial charge in [-0.3, -0.25) is 99.3 Å². The van der Waals surface area contributed by atoms with E-state index in [2.05, 4.69) is 71.1 Å². The van der Waals surface area contributed by atoms with Crippen LogP contribution in [0.5, 0.6) is 0 Å². The van der Waals surface area contributed by atoms with E-state index >= 15 is 13.7 Å². The van der Waals surface area contributed by atoms with Crippen molar-refractivity contribution in [2.45, 2.75) is 212 Å². The summed E-state index contributed by atoms with van der Waals surface area (Å²) in [5.74, 6) is -3.67. The predicted octanol–water partition coefficient (Wildman–Crippen LogP) is 9.99. The lowest BCUT2D eigenvalue weighted by molar-refractivity contribution is -0.185. The third kappa shape index (κ3) is 19.9. The molecule has 0 spiro atoms. The summed E-state index contributed by atoms with van der Waals surface area (Å²) in [6.07, 6.45) is -6.81. The molecule has 0 aliphatic carbocycles. The molecular formula is C82H103N22O25P3S2Si2. The first kappa shape index (κ1) is 99.3. The zero-order valence-electron chi connectivity index (χ0n) is 76.2. The number of aliphatic hydroxyl groups excluding tert-OH is 2. The number of thioether (sulfide) groups is 2. The summed E-state index contributed by atoms with van der Waals surface area (Å²) < 4.78 is 148. The summed E-state index contributed by atoms with van der Waals surface area (Å²) in [6, 6.07) is 20.8. The minimum Gasteiger partial charge on any atom is -0.410 e. The zero-order valence-corrected chi connectivity index (χ0v) is 82.6. The van der Waals surface area contributed by atoms with Crippen LogP contribution in [0.15, 0.2) is 108 Å². The number of hydrogen-bond acceptors (Lipinski definition) is 39. The Kier molecular flexibility index (Phi) is 28.9. The minimum absolute atomic E-state index is 0.0499. The van der Waals surface area contributed by atoms with Crippen molar-refractivity contribution in [1.29, 1.82) is 10.5 Å². The number of fused-ring (bicyclic) bond motifs is 8. The Morgan fingerprint density at radius 2 is 0.926 bits per heavy atom. The van der Waals surface area contributed by atoms with Crippen molar-refractivity contribution in [3.63, 3.8) is 0 Å². The number of nitriles is 2. The molecule has 10 aromatic rings. The van der Waals surface area contributed by atoms with Crippen molar-refractivity contribution in [3.8, 4) is 12.1 Å². The first-order chi connectivity index (χ1) is 64.6. The highest BCUT2D eigenvalue weighted by Gasteiger charge is 2.68. The molecule has 8 N–H and O–H groups in total. The number of rotatable bonds is 38. The van der Waals surface area contributed by atoms with Crippen LogP contribution < -0.4 is 32.4 Å². The number of hydrogen-bond donors (Lipinski definition) is 8. The minimum atomic E-state index is -5.13. The number of phosphoric ester groups is 2. The topological polar surface area (TPSA) is 599 Å². The SMILES string of the molecule is CC(C)C(=O)Nc1nc2c(ncn2[C@@H]2S[C@H](COP(=O)(OCCC#N)O[C@H]3[C@H]4OC[C@]3(CO)O[C@H]4n3cnc4c(NC(=O)c5ccccc5)ncnc43)[C@@H](O[Si](C)(C)C(C)(C)C)[C@H]2O[PH](=O)O[C@@H]2[C@H](O[Si](C)(C)C(C)(C)C)[C@@H](COP(=O)(OCCC#N)O[C@H]3[C@H]4OC[C@]3(CO)O[C@H]4n3cnc4c(NC(=O)c5ccccc5)ncnc43)S[C@H]2n2cnc3c(=O)[nH]c(NC(=O)C(C)C)nc32)c(=O)[nH]1. The number of aromatic amines is 2. The molecule has 4 amide bonds. The van der Waals surface area contributed by atoms with E-state index in [0.29, 0.717) is 11.1 Å². The number of H-pyrrole nitrogens is 2. The number of carbonyl (C=O) groups excluding carboxylic acids is 4. The van der Waals surface area contributed by atoms with E-state index in [1.165, 1.54) is 56.2 Å². The Morgan fingerprint density at radius 1 is 0.551 bits per heavy atom. The number of aromatic nitrogens is 16. The van der Waals surface area contributed by atoms with Crippen molar-refractivity contribution in [1.82, 2.24) is 78.1 Å². The average Bonchev–Trinajstić information content (AvgIpc) is 1.56. The zero-order chi connectivity index (χ0) is 97.1. The van der Waals surface area contributed by atoms with E-state index in [1.807, 2.05) is 79.9 Å². The maximum absolute atomic E-state index is 16.6. The van der Waals surface area contributed by atoms with E-state index in [1.54, 1.807) is 88.4 Å². The number of aliphatic hydroxyl groups is 2. The molecule has 6 aliphatic rings. The number of nitrogens with one attached hydrogen (secondary N) is 6. The molecule has 6 aliphatic heterocycles. The summed E-state index contributed by atoms with van der Waals surface area (Å²) >= 11 is 2.08. The third-order valence-electron chi connectivity index (χ3n) is 24.9. The number of ether oxygens (including phenoxy) is 4. The standard InChI is InChI=1S/C82H103N22O25P3S2Si2/c1-43(2)67(107)97-77-95-65-51(71(111)99-77)91-41-103(65)75-55(53(128-135(11,12)79(5,6)7)47(133-75)31-120-131(114,118-29-21-27-83)126-59-57-73(122-81(59,33-105)35-116-57)101-39-89-49-61(85-37-87-63(49)101)93-69(109)45-23-17-15-18-24-45)124-130(113)125-56-54(129-136(13,14)80(8,9)10)48(134-76(56)104-42-92-52-66(104)96-78(100-72(52)112)98-68(108)44(3)4)32-121-132(115,119-30-22-28-84)127-60-58-74(123-82(60,34-106)36-117-58)102-40-90-50-62(86-38-88-64(50)102)94-70(110)46-25-19-16-20-26-46/h15-20,23-26,37-44,47-48,53-60,73-76,105-106,130H,21-22,29-36H2,1-14H3,(H,85,87,93,109)(H,86,88,94,110)(H2,95,97,99,107,111)(H2,96,98,100,108,112)/t47-,48-,53-,54-,55-,56-,57-,58-,59+,60+,73-,74-,75-,76-,81+,82+,131?,132?/m1/s1. The highest BCUT2D eigenvalue weighted by molar-refractivity contribution is 8.00. The van der Waals surface area contributed by atoms with E-state index in [4.69, 9.17) is 74.0 Å². The maximum atomic E-state index is 16.6. The molecule has 0 radical (unpaired) electrons. The lowest BCUT2D eigenvalue weighted by Crippen LogP contribution is -2.50.